The first-order valence-corrected chi connectivity index (χ1v) is 3.58. The second-order valence-corrected chi connectivity index (χ2v) is 2.79. The first kappa shape index (κ1) is 6.97. The first-order valence-electron chi connectivity index (χ1n) is 3.58. The summed E-state index contributed by atoms with van der Waals surface area (Å²) in [6.45, 7) is 0. The SMILES string of the molecule is Nc1cc(O)c2c(c1)NC(=O)C2. The van der Waals surface area contributed by atoms with Crippen LogP contribution in [0.2, 0.25) is 0 Å². The molecule has 0 atom stereocenters. The number of carbonyl (C=O) groups excluding carboxylic acids is 1. The molecule has 0 bridgehead atoms. The van der Waals surface area contributed by atoms with Crippen molar-refractivity contribution in [3.05, 3.63) is 17.7 Å². The van der Waals surface area contributed by atoms with Gasteiger partial charge in [0.1, 0.15) is 5.75 Å². The molecular formula is C8H8N2O2. The van der Waals surface area contributed by atoms with Crippen molar-refractivity contribution in [1.29, 1.82) is 0 Å². The molecular weight excluding hydrogens is 156 g/mol. The number of nitrogen functional groups attached to an aromatic ring is 1. The van der Waals surface area contributed by atoms with E-state index in [4.69, 9.17) is 5.73 Å². The van der Waals surface area contributed by atoms with Crippen LogP contribution in [-0.2, 0) is 11.2 Å². The highest BCUT2D eigenvalue weighted by molar-refractivity contribution is 6.00. The third-order valence-electron chi connectivity index (χ3n) is 1.86. The molecule has 1 amide bonds. The van der Waals surface area contributed by atoms with Gasteiger partial charge >= 0.3 is 0 Å². The van der Waals surface area contributed by atoms with Crippen LogP contribution in [0, 0.1) is 0 Å². The number of anilines is 2. The van der Waals surface area contributed by atoms with Gasteiger partial charge in [0.05, 0.1) is 12.1 Å². The molecule has 1 aromatic carbocycles. The van der Waals surface area contributed by atoms with Gasteiger partial charge < -0.3 is 16.2 Å². The molecule has 4 heteroatoms. The molecule has 0 radical (unpaired) electrons. The van der Waals surface area contributed by atoms with Gasteiger partial charge in [0, 0.05) is 17.3 Å². The molecule has 0 aliphatic carbocycles. The van der Waals surface area contributed by atoms with E-state index >= 15 is 0 Å². The van der Waals surface area contributed by atoms with Gasteiger partial charge in [-0.25, -0.2) is 0 Å². The number of phenols is 1. The minimum Gasteiger partial charge on any atom is -0.507 e. The van der Waals surface area contributed by atoms with Gasteiger partial charge in [0.2, 0.25) is 5.91 Å². The number of benzene rings is 1. The summed E-state index contributed by atoms with van der Waals surface area (Å²) in [5.74, 6) is -0.0192. The summed E-state index contributed by atoms with van der Waals surface area (Å²) in [6.07, 6.45) is 0.238. The predicted molar refractivity (Wildman–Crippen MR) is 44.9 cm³/mol. The number of hydrogen-bond donors (Lipinski definition) is 3. The molecule has 1 aliphatic heterocycles. The minimum atomic E-state index is -0.106. The standard InChI is InChI=1S/C8H8N2O2/c9-4-1-6-5(7(11)2-4)3-8(12)10-6/h1-2,11H,3,9H2,(H,10,12). The van der Waals surface area contributed by atoms with Gasteiger partial charge in [-0.15, -0.1) is 0 Å². The Balaban J connectivity index is 2.59. The average molecular weight is 164 g/mol. The molecule has 62 valence electrons. The van der Waals surface area contributed by atoms with Gasteiger partial charge in [-0.2, -0.15) is 0 Å². The van der Waals surface area contributed by atoms with Crippen LogP contribution in [0.5, 0.6) is 5.75 Å². The van der Waals surface area contributed by atoms with Gasteiger partial charge in [0.25, 0.3) is 0 Å². The molecule has 2 rings (SSSR count). The summed E-state index contributed by atoms with van der Waals surface area (Å²) in [4.78, 5) is 10.9. The normalized spacial score (nSPS) is 14.2. The Morgan fingerprint density at radius 1 is 1.50 bits per heavy atom. The van der Waals surface area contributed by atoms with E-state index in [-0.39, 0.29) is 18.1 Å². The number of fused-ring (bicyclic) bond motifs is 1. The van der Waals surface area contributed by atoms with E-state index in [1.165, 1.54) is 6.07 Å². The van der Waals surface area contributed by atoms with Crippen LogP contribution in [0.25, 0.3) is 0 Å². The van der Waals surface area contributed by atoms with Crippen molar-refractivity contribution in [1.82, 2.24) is 0 Å². The molecule has 12 heavy (non-hydrogen) atoms. The molecule has 0 unspecified atom stereocenters. The van der Waals surface area contributed by atoms with Gasteiger partial charge in [-0.05, 0) is 6.07 Å². The van der Waals surface area contributed by atoms with Crippen LogP contribution in [0.3, 0.4) is 0 Å². The highest BCUT2D eigenvalue weighted by atomic mass is 16.3. The third kappa shape index (κ3) is 0.887. The van der Waals surface area contributed by atoms with E-state index in [0.717, 1.165) is 0 Å². The van der Waals surface area contributed by atoms with E-state index in [0.29, 0.717) is 16.9 Å². The molecule has 0 aromatic heterocycles. The lowest BCUT2D eigenvalue weighted by Crippen LogP contribution is -2.03. The van der Waals surface area contributed by atoms with E-state index < -0.39 is 0 Å². The van der Waals surface area contributed by atoms with Crippen LogP contribution in [0.1, 0.15) is 5.56 Å². The number of rotatable bonds is 0. The first-order chi connectivity index (χ1) is 5.66. The quantitative estimate of drug-likeness (QED) is 0.488. The number of nitrogens with one attached hydrogen (secondary N) is 1. The number of carbonyl (C=O) groups is 1. The smallest absolute Gasteiger partial charge is 0.229 e. The third-order valence-corrected chi connectivity index (χ3v) is 1.86. The molecule has 4 nitrogen and oxygen atoms in total. The molecule has 1 aliphatic rings. The molecule has 0 fully saturated rings. The summed E-state index contributed by atoms with van der Waals surface area (Å²) >= 11 is 0. The van der Waals surface area contributed by atoms with Crippen molar-refractivity contribution in [2.45, 2.75) is 6.42 Å². The zero-order valence-corrected chi connectivity index (χ0v) is 6.29. The number of nitrogens with two attached hydrogens (primary N) is 1. The lowest BCUT2D eigenvalue weighted by molar-refractivity contribution is -0.115. The number of phenolic OH excluding ortho intramolecular Hbond substituents is 1. The Morgan fingerprint density at radius 2 is 2.25 bits per heavy atom. The lowest BCUT2D eigenvalue weighted by Gasteiger charge is -2.02. The van der Waals surface area contributed by atoms with E-state index in [9.17, 15) is 9.90 Å². The number of amides is 1. The van der Waals surface area contributed by atoms with Crippen molar-refractivity contribution in [3.63, 3.8) is 0 Å². The van der Waals surface area contributed by atoms with Crippen LogP contribution in [0.4, 0.5) is 11.4 Å². The average Bonchev–Trinajstić information content (AvgIpc) is 2.29. The van der Waals surface area contributed by atoms with Gasteiger partial charge in [-0.1, -0.05) is 0 Å². The fourth-order valence-corrected chi connectivity index (χ4v) is 1.33. The van der Waals surface area contributed by atoms with Crippen LogP contribution in [0.15, 0.2) is 12.1 Å². The predicted octanol–water partition coefficient (Wildman–Crippen LogP) is 0.469. The van der Waals surface area contributed by atoms with Crippen molar-refractivity contribution in [2.75, 3.05) is 11.1 Å². The number of hydrogen-bond acceptors (Lipinski definition) is 3. The van der Waals surface area contributed by atoms with E-state index in [1.54, 1.807) is 6.07 Å². The van der Waals surface area contributed by atoms with Crippen molar-refractivity contribution >= 4 is 17.3 Å². The van der Waals surface area contributed by atoms with Gasteiger partial charge in [-0.3, -0.25) is 4.79 Å². The van der Waals surface area contributed by atoms with Crippen LogP contribution < -0.4 is 11.1 Å². The summed E-state index contributed by atoms with van der Waals surface area (Å²) < 4.78 is 0. The molecule has 0 saturated heterocycles. The summed E-state index contributed by atoms with van der Waals surface area (Å²) in [6, 6.07) is 3.08. The highest BCUT2D eigenvalue weighted by Crippen LogP contribution is 2.33. The fourth-order valence-electron chi connectivity index (χ4n) is 1.33. The zero-order valence-electron chi connectivity index (χ0n) is 6.29. The van der Waals surface area contributed by atoms with Crippen molar-refractivity contribution in [3.8, 4) is 5.75 Å². The Hall–Kier alpha value is -1.71. The largest absolute Gasteiger partial charge is 0.507 e. The maximum atomic E-state index is 10.9. The maximum Gasteiger partial charge on any atom is 0.229 e. The summed E-state index contributed by atoms with van der Waals surface area (Å²) in [7, 11) is 0. The molecule has 0 saturated carbocycles. The van der Waals surface area contributed by atoms with E-state index in [2.05, 4.69) is 5.32 Å². The van der Waals surface area contributed by atoms with Crippen molar-refractivity contribution in [2.24, 2.45) is 0 Å². The number of aromatic hydroxyl groups is 1. The van der Waals surface area contributed by atoms with E-state index in [1.807, 2.05) is 0 Å². The monoisotopic (exact) mass is 164 g/mol. The van der Waals surface area contributed by atoms with Crippen LogP contribution >= 0.6 is 0 Å². The lowest BCUT2D eigenvalue weighted by atomic mass is 10.1. The molecule has 4 N–H and O–H groups in total. The second-order valence-electron chi connectivity index (χ2n) is 2.79. The summed E-state index contributed by atoms with van der Waals surface area (Å²) in [5, 5.41) is 12.0. The molecule has 1 aromatic rings. The molecule has 1 heterocycles. The second kappa shape index (κ2) is 2.14. The summed E-state index contributed by atoms with van der Waals surface area (Å²) in [5.41, 5.74) is 7.17. The maximum absolute atomic E-state index is 10.9. The minimum absolute atomic E-state index is 0.0864. The van der Waals surface area contributed by atoms with Crippen LogP contribution in [-0.4, -0.2) is 11.0 Å². The zero-order chi connectivity index (χ0) is 8.72. The van der Waals surface area contributed by atoms with Gasteiger partial charge in [0.15, 0.2) is 0 Å². The topological polar surface area (TPSA) is 75.3 Å². The Labute approximate surface area is 69.0 Å². The Kier molecular flexibility index (Phi) is 1.24. The Morgan fingerprint density at radius 3 is 3.00 bits per heavy atom. The Bertz CT molecular complexity index is 360. The van der Waals surface area contributed by atoms with Crippen molar-refractivity contribution < 1.29 is 9.90 Å². The molecule has 0 spiro atoms. The highest BCUT2D eigenvalue weighted by Gasteiger charge is 2.20. The fraction of sp³-hybridized carbons (Fsp3) is 0.125.